The molecule has 0 radical (unpaired) electrons. The first-order valence-corrected chi connectivity index (χ1v) is 9.85. The fraction of sp³-hybridized carbons (Fsp3) is 0.261. The van der Waals surface area contributed by atoms with Gasteiger partial charge >= 0.3 is 0 Å². The number of piperazine rings is 1. The summed E-state index contributed by atoms with van der Waals surface area (Å²) >= 11 is 0. The summed E-state index contributed by atoms with van der Waals surface area (Å²) in [7, 11) is 0. The number of nitrogens with one attached hydrogen (secondary N) is 3. The molecule has 1 aliphatic rings. The van der Waals surface area contributed by atoms with Crippen LogP contribution in [0, 0.1) is 0 Å². The van der Waals surface area contributed by atoms with E-state index in [0.29, 0.717) is 11.6 Å². The molecule has 1 fully saturated rings. The predicted octanol–water partition coefficient (Wildman–Crippen LogP) is 3.47. The van der Waals surface area contributed by atoms with E-state index in [1.54, 1.807) is 0 Å². The smallest absolute Gasteiger partial charge is 0.257 e. The van der Waals surface area contributed by atoms with Crippen LogP contribution in [-0.2, 0) is 6.54 Å². The zero-order valence-corrected chi connectivity index (χ0v) is 16.0. The van der Waals surface area contributed by atoms with E-state index in [1.807, 2.05) is 30.3 Å². The lowest BCUT2D eigenvalue weighted by Crippen LogP contribution is -2.48. The lowest BCUT2D eigenvalue weighted by atomic mass is 10.1. The molecule has 0 aliphatic carbocycles. The van der Waals surface area contributed by atoms with Gasteiger partial charge in [0.25, 0.3) is 5.56 Å². The minimum atomic E-state index is -0.0692. The molecule has 5 rings (SSSR count). The summed E-state index contributed by atoms with van der Waals surface area (Å²) in [6.07, 6.45) is 0. The van der Waals surface area contributed by atoms with E-state index in [1.165, 1.54) is 5.56 Å². The molecule has 2 aromatic carbocycles. The molecule has 4 aromatic rings. The van der Waals surface area contributed by atoms with Crippen molar-refractivity contribution in [2.45, 2.75) is 19.5 Å². The van der Waals surface area contributed by atoms with Crippen molar-refractivity contribution in [3.8, 4) is 11.3 Å². The first-order chi connectivity index (χ1) is 13.7. The van der Waals surface area contributed by atoms with Gasteiger partial charge in [0, 0.05) is 48.6 Å². The van der Waals surface area contributed by atoms with Gasteiger partial charge in [0.2, 0.25) is 0 Å². The first kappa shape index (κ1) is 17.2. The summed E-state index contributed by atoms with van der Waals surface area (Å²) in [6.45, 7) is 6.38. The van der Waals surface area contributed by atoms with Crippen molar-refractivity contribution in [3.05, 3.63) is 70.5 Å². The molecule has 142 valence electrons. The highest BCUT2D eigenvalue weighted by Gasteiger charge is 2.16. The van der Waals surface area contributed by atoms with Gasteiger partial charge in [-0.2, -0.15) is 0 Å². The largest absolute Gasteiger partial charge is 0.354 e. The molecule has 5 heteroatoms. The molecule has 1 aliphatic heterocycles. The van der Waals surface area contributed by atoms with Gasteiger partial charge in [-0.1, -0.05) is 24.3 Å². The third-order valence-electron chi connectivity index (χ3n) is 5.59. The van der Waals surface area contributed by atoms with Crippen LogP contribution in [0.15, 0.2) is 59.4 Å². The van der Waals surface area contributed by atoms with E-state index in [-0.39, 0.29) is 5.56 Å². The molecule has 0 spiro atoms. The van der Waals surface area contributed by atoms with Crippen molar-refractivity contribution in [1.82, 2.24) is 20.2 Å². The Hall–Kier alpha value is -2.89. The Kier molecular flexibility index (Phi) is 4.26. The minimum Gasteiger partial charge on any atom is -0.354 e. The number of aromatic nitrogens is 2. The third kappa shape index (κ3) is 3.23. The number of hydrogen-bond donors (Lipinski definition) is 3. The van der Waals surface area contributed by atoms with Crippen molar-refractivity contribution in [2.24, 2.45) is 0 Å². The number of para-hydroxylation sites is 1. The van der Waals surface area contributed by atoms with Gasteiger partial charge in [0.15, 0.2) is 0 Å². The van der Waals surface area contributed by atoms with Crippen LogP contribution in [0.25, 0.3) is 33.1 Å². The SMILES string of the molecule is C[C@H]1CN(Cc2ccc3[nH]c(-c4cc5ccccc5[nH]c4=O)cc3c2)CCN1. The van der Waals surface area contributed by atoms with Crippen molar-refractivity contribution < 1.29 is 0 Å². The standard InChI is InChI=1S/C23H24N4O/c1-15-13-27(9-8-24-15)14-16-6-7-21-18(10-16)12-22(25-21)19-11-17-4-2-3-5-20(17)26-23(19)28/h2-7,10-12,15,24-25H,8-9,13-14H2,1H3,(H,26,28)/t15-/m0/s1. The maximum absolute atomic E-state index is 12.6. The highest BCUT2D eigenvalue weighted by molar-refractivity contribution is 5.89. The molecular weight excluding hydrogens is 348 g/mol. The van der Waals surface area contributed by atoms with Crippen LogP contribution < -0.4 is 10.9 Å². The maximum Gasteiger partial charge on any atom is 0.257 e. The van der Waals surface area contributed by atoms with Gasteiger partial charge in [0.05, 0.1) is 11.3 Å². The van der Waals surface area contributed by atoms with Crippen LogP contribution in [0.3, 0.4) is 0 Å². The number of hydrogen-bond acceptors (Lipinski definition) is 3. The van der Waals surface area contributed by atoms with Crippen LogP contribution in [0.5, 0.6) is 0 Å². The highest BCUT2D eigenvalue weighted by Crippen LogP contribution is 2.25. The molecule has 3 heterocycles. The van der Waals surface area contributed by atoms with Crippen molar-refractivity contribution in [1.29, 1.82) is 0 Å². The number of fused-ring (bicyclic) bond motifs is 2. The molecule has 5 nitrogen and oxygen atoms in total. The number of rotatable bonds is 3. The number of pyridine rings is 1. The van der Waals surface area contributed by atoms with E-state index in [9.17, 15) is 4.79 Å². The molecule has 0 unspecified atom stereocenters. The second-order valence-electron chi connectivity index (χ2n) is 7.79. The van der Waals surface area contributed by atoms with Gasteiger partial charge in [0.1, 0.15) is 0 Å². The van der Waals surface area contributed by atoms with Crippen molar-refractivity contribution in [3.63, 3.8) is 0 Å². The van der Waals surface area contributed by atoms with E-state index >= 15 is 0 Å². The Morgan fingerprint density at radius 3 is 2.75 bits per heavy atom. The van der Waals surface area contributed by atoms with Gasteiger partial charge in [-0.15, -0.1) is 0 Å². The molecule has 2 aromatic heterocycles. The molecule has 0 bridgehead atoms. The number of aromatic amines is 2. The van der Waals surface area contributed by atoms with Crippen LogP contribution in [-0.4, -0.2) is 40.5 Å². The third-order valence-corrected chi connectivity index (χ3v) is 5.59. The van der Waals surface area contributed by atoms with Crippen LogP contribution >= 0.6 is 0 Å². The molecule has 28 heavy (non-hydrogen) atoms. The summed E-state index contributed by atoms with van der Waals surface area (Å²) in [5.74, 6) is 0. The van der Waals surface area contributed by atoms with E-state index in [4.69, 9.17) is 0 Å². The van der Waals surface area contributed by atoms with Crippen LogP contribution in [0.4, 0.5) is 0 Å². The molecule has 3 N–H and O–H groups in total. The Morgan fingerprint density at radius 2 is 1.86 bits per heavy atom. The normalized spacial score (nSPS) is 18.1. The second kappa shape index (κ2) is 6.93. The summed E-state index contributed by atoms with van der Waals surface area (Å²) in [4.78, 5) is 21.5. The zero-order chi connectivity index (χ0) is 19.1. The molecular formula is C23H24N4O. The lowest BCUT2D eigenvalue weighted by molar-refractivity contribution is 0.200. The average Bonchev–Trinajstić information content (AvgIpc) is 3.10. The predicted molar refractivity (Wildman–Crippen MR) is 115 cm³/mol. The monoisotopic (exact) mass is 372 g/mol. The van der Waals surface area contributed by atoms with Crippen LogP contribution in [0.2, 0.25) is 0 Å². The van der Waals surface area contributed by atoms with Gasteiger partial charge in [-0.05, 0) is 48.2 Å². The zero-order valence-electron chi connectivity index (χ0n) is 16.0. The van der Waals surface area contributed by atoms with Gasteiger partial charge in [-0.25, -0.2) is 0 Å². The minimum absolute atomic E-state index is 0.0692. The van der Waals surface area contributed by atoms with Gasteiger partial charge in [-0.3, -0.25) is 9.69 Å². The Morgan fingerprint density at radius 1 is 1.00 bits per heavy atom. The van der Waals surface area contributed by atoms with Crippen LogP contribution in [0.1, 0.15) is 12.5 Å². The fourth-order valence-corrected chi connectivity index (χ4v) is 4.19. The highest BCUT2D eigenvalue weighted by atomic mass is 16.1. The Balaban J connectivity index is 1.48. The summed E-state index contributed by atoms with van der Waals surface area (Å²) < 4.78 is 0. The van der Waals surface area contributed by atoms with Crippen molar-refractivity contribution >= 4 is 21.8 Å². The van der Waals surface area contributed by atoms with Gasteiger partial charge < -0.3 is 15.3 Å². The quantitative estimate of drug-likeness (QED) is 0.516. The molecule has 0 amide bonds. The summed E-state index contributed by atoms with van der Waals surface area (Å²) in [5.41, 5.74) is 4.68. The van der Waals surface area contributed by atoms with E-state index in [0.717, 1.165) is 53.7 Å². The molecule has 0 saturated carbocycles. The Labute approximate surface area is 163 Å². The summed E-state index contributed by atoms with van der Waals surface area (Å²) in [6, 6.07) is 19.0. The second-order valence-corrected chi connectivity index (χ2v) is 7.79. The number of H-pyrrole nitrogens is 2. The molecule has 1 atom stereocenters. The summed E-state index contributed by atoms with van der Waals surface area (Å²) in [5, 5.41) is 5.66. The lowest BCUT2D eigenvalue weighted by Gasteiger charge is -2.31. The topological polar surface area (TPSA) is 63.9 Å². The maximum atomic E-state index is 12.6. The van der Waals surface area contributed by atoms with E-state index in [2.05, 4.69) is 51.4 Å². The van der Waals surface area contributed by atoms with Crippen molar-refractivity contribution in [2.75, 3.05) is 19.6 Å². The number of benzene rings is 2. The average molecular weight is 372 g/mol. The van der Waals surface area contributed by atoms with E-state index < -0.39 is 0 Å². The number of nitrogens with zero attached hydrogens (tertiary/aromatic N) is 1. The molecule has 1 saturated heterocycles. The first-order valence-electron chi connectivity index (χ1n) is 9.85. The Bertz CT molecular complexity index is 1210. The fourth-order valence-electron chi connectivity index (χ4n) is 4.19.